The second-order valence-corrected chi connectivity index (χ2v) is 14.7. The van der Waals surface area contributed by atoms with E-state index in [1.807, 2.05) is 9.80 Å². The standard InChI is InChI=1S/C24H29F3N4O4S.C11H13F3N2/c1-28-36(34,35)20-6-7-22(31-9-8-17(15-31)16-32)21(14-20)23(33)30-12-10-29(11-13-30)19-4-2-18(3-5-19)24(25,26)27;12-11(13,14)9-1-3-10(4-2-9)16-7-5-15-6-8-16/h2-7,14,17,28,32H,8-13,15-16H2,1H3;1-4,15H,5-8H2. The lowest BCUT2D eigenvalue weighted by Crippen LogP contribution is -2.49. The van der Waals surface area contributed by atoms with Crippen molar-refractivity contribution < 1.29 is 44.7 Å². The Hall–Kier alpha value is -4.06. The van der Waals surface area contributed by atoms with E-state index in [1.54, 1.807) is 11.0 Å². The minimum Gasteiger partial charge on any atom is -0.396 e. The molecule has 3 N–H and O–H groups in total. The molecule has 10 nitrogen and oxygen atoms in total. The molecule has 1 amide bonds. The highest BCUT2D eigenvalue weighted by molar-refractivity contribution is 7.89. The number of benzene rings is 3. The summed E-state index contributed by atoms with van der Waals surface area (Å²) in [5.74, 6) is -0.224. The number of carbonyl (C=O) groups is 1. The largest absolute Gasteiger partial charge is 0.416 e. The zero-order valence-electron chi connectivity index (χ0n) is 28.6. The monoisotopic (exact) mass is 756 g/mol. The molecule has 6 rings (SSSR count). The summed E-state index contributed by atoms with van der Waals surface area (Å²) in [5, 5.41) is 12.7. The van der Waals surface area contributed by atoms with Crippen LogP contribution < -0.4 is 24.7 Å². The number of nitrogens with zero attached hydrogens (tertiary/aromatic N) is 4. The van der Waals surface area contributed by atoms with E-state index < -0.39 is 33.5 Å². The molecule has 3 aliphatic heterocycles. The molecule has 3 fully saturated rings. The molecule has 0 radical (unpaired) electrons. The summed E-state index contributed by atoms with van der Waals surface area (Å²) in [6, 6.07) is 14.8. The van der Waals surface area contributed by atoms with Crippen molar-refractivity contribution in [1.82, 2.24) is 14.9 Å². The van der Waals surface area contributed by atoms with Crippen LogP contribution >= 0.6 is 0 Å². The molecule has 0 saturated carbocycles. The van der Waals surface area contributed by atoms with Crippen LogP contribution in [0.1, 0.15) is 27.9 Å². The number of nitrogens with one attached hydrogen (secondary N) is 2. The van der Waals surface area contributed by atoms with Crippen molar-refractivity contribution >= 4 is 33.0 Å². The first-order valence-electron chi connectivity index (χ1n) is 16.9. The Morgan fingerprint density at radius 2 is 1.29 bits per heavy atom. The van der Waals surface area contributed by atoms with Gasteiger partial charge in [-0.2, -0.15) is 26.3 Å². The van der Waals surface area contributed by atoms with Crippen molar-refractivity contribution in [2.75, 3.05) is 93.8 Å². The van der Waals surface area contributed by atoms with Gasteiger partial charge in [-0.1, -0.05) is 0 Å². The van der Waals surface area contributed by atoms with Crippen LogP contribution in [0.3, 0.4) is 0 Å². The fourth-order valence-electron chi connectivity index (χ4n) is 6.43. The van der Waals surface area contributed by atoms with Crippen molar-refractivity contribution in [3.8, 4) is 0 Å². The fourth-order valence-corrected chi connectivity index (χ4v) is 7.19. The highest BCUT2D eigenvalue weighted by Gasteiger charge is 2.33. The lowest BCUT2D eigenvalue weighted by Gasteiger charge is -2.37. The maximum Gasteiger partial charge on any atom is 0.416 e. The van der Waals surface area contributed by atoms with E-state index in [0.29, 0.717) is 50.6 Å². The normalized spacial score (nSPS) is 18.7. The summed E-state index contributed by atoms with van der Waals surface area (Å²) >= 11 is 0. The average molecular weight is 757 g/mol. The molecular formula is C35H42F6N6O4S. The molecule has 284 valence electrons. The number of hydrogen-bond donors (Lipinski definition) is 3. The van der Waals surface area contributed by atoms with Gasteiger partial charge in [0.2, 0.25) is 10.0 Å². The van der Waals surface area contributed by atoms with E-state index in [1.165, 1.54) is 43.4 Å². The minimum absolute atomic E-state index is 0.0154. The van der Waals surface area contributed by atoms with E-state index in [-0.39, 0.29) is 28.9 Å². The van der Waals surface area contributed by atoms with Gasteiger partial charge in [0.1, 0.15) is 0 Å². The molecule has 0 bridgehead atoms. The zero-order chi connectivity index (χ0) is 37.7. The van der Waals surface area contributed by atoms with E-state index in [2.05, 4.69) is 14.9 Å². The van der Waals surface area contributed by atoms with Crippen LogP contribution in [-0.4, -0.2) is 103 Å². The predicted octanol–water partition coefficient (Wildman–Crippen LogP) is 4.51. The Bertz CT molecular complexity index is 1760. The van der Waals surface area contributed by atoms with Crippen LogP contribution in [0, 0.1) is 5.92 Å². The van der Waals surface area contributed by atoms with Crippen LogP contribution in [-0.2, 0) is 22.4 Å². The number of aliphatic hydroxyl groups is 1. The van der Waals surface area contributed by atoms with Gasteiger partial charge in [0.05, 0.1) is 21.6 Å². The molecule has 0 aliphatic carbocycles. The third-order valence-electron chi connectivity index (χ3n) is 9.47. The highest BCUT2D eigenvalue weighted by Crippen LogP contribution is 2.33. The lowest BCUT2D eigenvalue weighted by atomic mass is 10.1. The quantitative estimate of drug-likeness (QED) is 0.303. The Morgan fingerprint density at radius 1 is 0.769 bits per heavy atom. The van der Waals surface area contributed by atoms with Crippen molar-refractivity contribution in [2.45, 2.75) is 23.7 Å². The first kappa shape index (κ1) is 39.2. The van der Waals surface area contributed by atoms with E-state index in [4.69, 9.17) is 0 Å². The van der Waals surface area contributed by atoms with Gasteiger partial charge in [-0.15, -0.1) is 0 Å². The van der Waals surface area contributed by atoms with Crippen LogP contribution in [0.5, 0.6) is 0 Å². The Morgan fingerprint density at radius 3 is 1.75 bits per heavy atom. The molecule has 17 heteroatoms. The molecule has 3 aromatic rings. The fraction of sp³-hybridized carbons (Fsp3) is 0.457. The summed E-state index contributed by atoms with van der Waals surface area (Å²) in [7, 11) is -2.46. The van der Waals surface area contributed by atoms with Crippen LogP contribution in [0.2, 0.25) is 0 Å². The second-order valence-electron chi connectivity index (χ2n) is 12.8. The van der Waals surface area contributed by atoms with Gasteiger partial charge < -0.3 is 30.0 Å². The first-order chi connectivity index (χ1) is 24.6. The molecule has 0 spiro atoms. The SMILES string of the molecule is CNS(=O)(=O)c1ccc(N2CCC(CO)C2)c(C(=O)N2CCN(c3ccc(C(F)(F)F)cc3)CC2)c1.FC(F)(F)c1ccc(N2CCNCC2)cc1. The van der Waals surface area contributed by atoms with Gasteiger partial charge >= 0.3 is 12.4 Å². The van der Waals surface area contributed by atoms with Gasteiger partial charge in [0.15, 0.2) is 0 Å². The molecule has 3 heterocycles. The van der Waals surface area contributed by atoms with Gasteiger partial charge in [-0.25, -0.2) is 13.1 Å². The topological polar surface area (TPSA) is 108 Å². The maximum absolute atomic E-state index is 13.6. The van der Waals surface area contributed by atoms with E-state index in [0.717, 1.165) is 62.6 Å². The summed E-state index contributed by atoms with van der Waals surface area (Å²) in [4.78, 5) is 21.2. The van der Waals surface area contributed by atoms with Crippen molar-refractivity contribution in [3.05, 3.63) is 83.4 Å². The van der Waals surface area contributed by atoms with Crippen LogP contribution in [0.15, 0.2) is 71.6 Å². The van der Waals surface area contributed by atoms with E-state index in [9.17, 15) is 44.7 Å². The predicted molar refractivity (Wildman–Crippen MR) is 186 cm³/mol. The highest BCUT2D eigenvalue weighted by atomic mass is 32.2. The third kappa shape index (κ3) is 9.48. The Labute approximate surface area is 299 Å². The van der Waals surface area contributed by atoms with Gasteiger partial charge in [0.25, 0.3) is 5.91 Å². The van der Waals surface area contributed by atoms with Crippen LogP contribution in [0.4, 0.5) is 43.4 Å². The number of aliphatic hydroxyl groups excluding tert-OH is 1. The van der Waals surface area contributed by atoms with Gasteiger partial charge in [-0.05, 0) is 80.2 Å². The number of hydrogen-bond acceptors (Lipinski definition) is 8. The van der Waals surface area contributed by atoms with Crippen LogP contribution in [0.25, 0.3) is 0 Å². The molecular weight excluding hydrogens is 714 g/mol. The Balaban J connectivity index is 0.000000272. The number of rotatable bonds is 7. The number of alkyl halides is 6. The van der Waals surface area contributed by atoms with Gasteiger partial charge in [-0.3, -0.25) is 4.79 Å². The van der Waals surface area contributed by atoms with E-state index >= 15 is 0 Å². The third-order valence-corrected chi connectivity index (χ3v) is 10.9. The Kier molecular flexibility index (Phi) is 12.3. The second kappa shape index (κ2) is 16.3. The summed E-state index contributed by atoms with van der Waals surface area (Å²) in [5.41, 5.74) is 1.09. The summed E-state index contributed by atoms with van der Waals surface area (Å²) in [6.07, 6.45) is -7.88. The molecule has 1 unspecified atom stereocenters. The van der Waals surface area contributed by atoms with Crippen molar-refractivity contribution in [1.29, 1.82) is 0 Å². The minimum atomic E-state index is -4.40. The molecule has 3 aromatic carbocycles. The van der Waals surface area contributed by atoms with Gasteiger partial charge in [0, 0.05) is 95.0 Å². The number of sulfonamides is 1. The number of halogens is 6. The van der Waals surface area contributed by atoms with Crippen molar-refractivity contribution in [2.24, 2.45) is 5.92 Å². The summed E-state index contributed by atoms with van der Waals surface area (Å²) in [6.45, 7) is 6.20. The number of amides is 1. The summed E-state index contributed by atoms with van der Waals surface area (Å²) < 4.78 is 103. The molecule has 1 atom stereocenters. The maximum atomic E-state index is 13.6. The van der Waals surface area contributed by atoms with Crippen molar-refractivity contribution in [3.63, 3.8) is 0 Å². The number of carbonyl (C=O) groups excluding carboxylic acids is 1. The molecule has 3 aliphatic rings. The zero-order valence-corrected chi connectivity index (χ0v) is 29.4. The molecule has 52 heavy (non-hydrogen) atoms. The lowest BCUT2D eigenvalue weighted by molar-refractivity contribution is -0.138. The number of piperazine rings is 2. The molecule has 3 saturated heterocycles. The average Bonchev–Trinajstić information content (AvgIpc) is 3.64. The number of anilines is 3. The molecule has 0 aromatic heterocycles. The smallest absolute Gasteiger partial charge is 0.396 e. The first-order valence-corrected chi connectivity index (χ1v) is 18.4.